The van der Waals surface area contributed by atoms with Crippen LogP contribution < -0.4 is 5.32 Å². The molecule has 0 heterocycles. The number of amides is 1. The van der Waals surface area contributed by atoms with Crippen LogP contribution in [0.2, 0.25) is 0 Å². The molecule has 0 aromatic carbocycles. The van der Waals surface area contributed by atoms with Crippen molar-refractivity contribution < 1.29 is 24.2 Å². The number of ether oxygens (including phenoxy) is 1. The minimum atomic E-state index is -1.02. The molecule has 0 radical (unpaired) electrons. The van der Waals surface area contributed by atoms with E-state index in [9.17, 15) is 14.4 Å². The van der Waals surface area contributed by atoms with Crippen molar-refractivity contribution >= 4 is 17.8 Å². The van der Waals surface area contributed by atoms with Crippen molar-refractivity contribution in [2.24, 2.45) is 0 Å². The highest BCUT2D eigenvalue weighted by Crippen LogP contribution is 2.19. The Bertz CT molecular complexity index is 1030. The normalized spacial score (nSPS) is 12.6. The molecule has 1 unspecified atom stereocenters. The fourth-order valence-electron chi connectivity index (χ4n) is 6.60. The van der Waals surface area contributed by atoms with Gasteiger partial charge < -0.3 is 15.2 Å². The number of carboxylic acids is 1. The minimum absolute atomic E-state index is 0.00733. The molecular weight excluding hydrogens is 683 g/mol. The highest BCUT2D eigenvalue weighted by atomic mass is 16.5. The monoisotopic (exact) mass is 768 g/mol. The molecule has 1 amide bonds. The summed E-state index contributed by atoms with van der Waals surface area (Å²) in [6, 6.07) is 0. The second-order valence-corrected chi connectivity index (χ2v) is 15.3. The Labute approximate surface area is 339 Å². The molecule has 0 rings (SSSR count). The van der Waals surface area contributed by atoms with Crippen molar-refractivity contribution in [2.45, 2.75) is 225 Å². The molecule has 1 atom stereocenters. The third kappa shape index (κ3) is 43.7. The number of allylic oxidation sites excluding steroid dienone is 10. The van der Waals surface area contributed by atoms with Crippen molar-refractivity contribution in [3.8, 4) is 0 Å². The summed E-state index contributed by atoms with van der Waals surface area (Å²) >= 11 is 0. The Morgan fingerprint density at radius 3 is 1.36 bits per heavy atom. The second kappa shape index (κ2) is 43.8. The first-order valence-corrected chi connectivity index (χ1v) is 22.9. The lowest BCUT2D eigenvalue weighted by molar-refractivity contribution is -0.150. The van der Waals surface area contributed by atoms with Gasteiger partial charge in [-0.1, -0.05) is 184 Å². The van der Waals surface area contributed by atoms with Gasteiger partial charge in [-0.15, -0.1) is 0 Å². The Balaban J connectivity index is 4.23. The van der Waals surface area contributed by atoms with Gasteiger partial charge in [0.1, 0.15) is 12.6 Å². The van der Waals surface area contributed by atoms with Crippen LogP contribution in [0.15, 0.2) is 60.8 Å². The van der Waals surface area contributed by atoms with Crippen molar-refractivity contribution in [3.05, 3.63) is 60.8 Å². The lowest BCUT2D eigenvalue weighted by Gasteiger charge is -2.18. The molecule has 0 aromatic heterocycles. The summed E-state index contributed by atoms with van der Waals surface area (Å²) in [4.78, 5) is 35.1. The van der Waals surface area contributed by atoms with Gasteiger partial charge in [0, 0.05) is 12.8 Å². The molecule has 0 aliphatic carbocycles. The molecule has 0 bridgehead atoms. The zero-order valence-electron chi connectivity index (χ0n) is 35.8. The van der Waals surface area contributed by atoms with E-state index in [1.54, 1.807) is 0 Å². The molecule has 0 saturated carbocycles. The Morgan fingerprint density at radius 1 is 0.491 bits per heavy atom. The highest BCUT2D eigenvalue weighted by Gasteiger charge is 2.14. The van der Waals surface area contributed by atoms with Crippen LogP contribution in [0.4, 0.5) is 0 Å². The highest BCUT2D eigenvalue weighted by molar-refractivity contribution is 5.80. The summed E-state index contributed by atoms with van der Waals surface area (Å²) in [5.74, 6) is -1.26. The summed E-state index contributed by atoms with van der Waals surface area (Å²) in [6.45, 7) is 4.12. The summed E-state index contributed by atoms with van der Waals surface area (Å²) in [6.07, 6.45) is 57.7. The van der Waals surface area contributed by atoms with E-state index in [2.05, 4.69) is 79.9 Å². The van der Waals surface area contributed by atoms with Crippen LogP contribution in [-0.4, -0.2) is 35.6 Å². The third-order valence-corrected chi connectivity index (χ3v) is 9.95. The molecule has 0 spiro atoms. The zero-order valence-corrected chi connectivity index (χ0v) is 35.8. The summed E-state index contributed by atoms with van der Waals surface area (Å²) in [5, 5.41) is 11.1. The largest absolute Gasteiger partial charge is 0.480 e. The number of hydrogen-bond acceptors (Lipinski definition) is 4. The predicted octanol–water partition coefficient (Wildman–Crippen LogP) is 14.4. The van der Waals surface area contributed by atoms with Crippen molar-refractivity contribution in [1.82, 2.24) is 5.32 Å². The molecule has 0 aliphatic heterocycles. The van der Waals surface area contributed by atoms with Gasteiger partial charge in [-0.3, -0.25) is 14.4 Å². The maximum atomic E-state index is 12.8. The lowest BCUT2D eigenvalue weighted by atomic mass is 10.0. The van der Waals surface area contributed by atoms with Gasteiger partial charge in [-0.2, -0.15) is 0 Å². The molecular formula is C49H85NO5. The molecule has 0 fully saturated rings. The lowest BCUT2D eigenvalue weighted by Crippen LogP contribution is -2.28. The van der Waals surface area contributed by atoms with Gasteiger partial charge in [-0.05, 0) is 83.5 Å². The fraction of sp³-hybridized carbons (Fsp3) is 0.735. The van der Waals surface area contributed by atoms with E-state index >= 15 is 0 Å². The second-order valence-electron chi connectivity index (χ2n) is 15.3. The number of hydrogen-bond donors (Lipinski definition) is 2. The molecule has 0 aromatic rings. The first kappa shape index (κ1) is 52.1. The zero-order chi connectivity index (χ0) is 40.1. The summed E-state index contributed by atoms with van der Waals surface area (Å²) in [7, 11) is 0. The Hall–Kier alpha value is -2.89. The fourth-order valence-corrected chi connectivity index (χ4v) is 6.60. The molecule has 0 saturated heterocycles. The van der Waals surface area contributed by atoms with E-state index in [1.807, 2.05) is 0 Å². The standard InChI is InChI=1S/C49H85NO5/c1-3-5-7-9-11-13-15-17-19-20-21-22-23-25-27-29-31-36-40-44-49(54)55-46(42-38-34-32-35-39-43-47(51)50-45-48(52)53)41-37-33-30-28-26-24-18-16-14-12-10-8-6-4-2/h5,7,11,13,17,19,21-22,25,27,46H,3-4,6,8-10,12,14-16,18,20,23-24,26,28-45H2,1-2H3,(H,50,51)(H,52,53)/b7-5-,13-11-,19-17-,22-21-,27-25-. The number of rotatable bonds is 41. The molecule has 2 N–H and O–H groups in total. The van der Waals surface area contributed by atoms with E-state index < -0.39 is 5.97 Å². The van der Waals surface area contributed by atoms with Crippen LogP contribution in [-0.2, 0) is 19.1 Å². The Morgan fingerprint density at radius 2 is 0.891 bits per heavy atom. The minimum Gasteiger partial charge on any atom is -0.480 e. The topological polar surface area (TPSA) is 92.7 Å². The van der Waals surface area contributed by atoms with E-state index in [-0.39, 0.29) is 24.5 Å². The molecule has 0 aliphatic rings. The molecule has 6 heteroatoms. The Kier molecular flexibility index (Phi) is 41.5. The van der Waals surface area contributed by atoms with Gasteiger partial charge in [0.2, 0.25) is 5.91 Å². The van der Waals surface area contributed by atoms with Crippen LogP contribution in [0.5, 0.6) is 0 Å². The van der Waals surface area contributed by atoms with Gasteiger partial charge >= 0.3 is 11.9 Å². The summed E-state index contributed by atoms with van der Waals surface area (Å²) in [5.41, 5.74) is 0. The van der Waals surface area contributed by atoms with Crippen LogP contribution >= 0.6 is 0 Å². The quantitative estimate of drug-likeness (QED) is 0.0367. The average Bonchev–Trinajstić information content (AvgIpc) is 3.17. The number of esters is 1. The van der Waals surface area contributed by atoms with Crippen molar-refractivity contribution in [2.75, 3.05) is 6.54 Å². The number of unbranched alkanes of at least 4 members (excludes halogenated alkanes) is 20. The number of carbonyl (C=O) groups is 3. The van der Waals surface area contributed by atoms with Gasteiger partial charge in [0.25, 0.3) is 0 Å². The molecule has 6 nitrogen and oxygen atoms in total. The summed E-state index contributed by atoms with van der Waals surface area (Å²) < 4.78 is 6.03. The third-order valence-electron chi connectivity index (χ3n) is 9.95. The van der Waals surface area contributed by atoms with Crippen LogP contribution in [0, 0.1) is 0 Å². The van der Waals surface area contributed by atoms with Gasteiger partial charge in [-0.25, -0.2) is 0 Å². The van der Waals surface area contributed by atoms with E-state index in [4.69, 9.17) is 9.84 Å². The van der Waals surface area contributed by atoms with E-state index in [0.717, 1.165) is 109 Å². The maximum absolute atomic E-state index is 12.8. The molecule has 316 valence electrons. The smallest absolute Gasteiger partial charge is 0.322 e. The number of nitrogens with one attached hydrogen (secondary N) is 1. The van der Waals surface area contributed by atoms with E-state index in [0.29, 0.717) is 12.8 Å². The number of carboxylic acid groups (broad SMARTS) is 1. The van der Waals surface area contributed by atoms with Crippen LogP contribution in [0.3, 0.4) is 0 Å². The van der Waals surface area contributed by atoms with E-state index in [1.165, 1.54) is 83.5 Å². The SMILES string of the molecule is CC/C=C\C/C=C\C/C=C\C/C=C\C/C=C\CCCCCC(=O)OC(CCCCCCCCCCCCCCCC)CCCCCCCC(=O)NCC(=O)O. The van der Waals surface area contributed by atoms with Gasteiger partial charge in [0.05, 0.1) is 0 Å². The number of aliphatic carboxylic acids is 1. The van der Waals surface area contributed by atoms with Crippen LogP contribution in [0.25, 0.3) is 0 Å². The molecule has 55 heavy (non-hydrogen) atoms. The first-order valence-electron chi connectivity index (χ1n) is 22.9. The number of carbonyl (C=O) groups excluding carboxylic acids is 2. The van der Waals surface area contributed by atoms with Crippen LogP contribution in [0.1, 0.15) is 219 Å². The average molecular weight is 768 g/mol. The van der Waals surface area contributed by atoms with Crippen molar-refractivity contribution in [1.29, 1.82) is 0 Å². The maximum Gasteiger partial charge on any atom is 0.322 e. The predicted molar refractivity (Wildman–Crippen MR) is 235 cm³/mol. The van der Waals surface area contributed by atoms with Gasteiger partial charge in [0.15, 0.2) is 0 Å². The van der Waals surface area contributed by atoms with Crippen molar-refractivity contribution in [3.63, 3.8) is 0 Å². The first-order chi connectivity index (χ1) is 27.0.